The Morgan fingerprint density at radius 3 is 2.57 bits per heavy atom. The number of amides is 1. The molecule has 0 fully saturated rings. The number of halogens is 2. The average molecular weight is 601 g/mol. The van der Waals surface area contributed by atoms with Crippen LogP contribution in [0.5, 0.6) is 0 Å². The summed E-state index contributed by atoms with van der Waals surface area (Å²) in [5, 5.41) is 16.9. The molecule has 2 heterocycles. The van der Waals surface area contributed by atoms with E-state index in [0.29, 0.717) is 39.0 Å². The van der Waals surface area contributed by atoms with Crippen LogP contribution in [-0.4, -0.2) is 63.4 Å². The van der Waals surface area contributed by atoms with E-state index in [1.807, 2.05) is 13.1 Å². The van der Waals surface area contributed by atoms with Gasteiger partial charge in [-0.05, 0) is 80.6 Å². The third-order valence-electron chi connectivity index (χ3n) is 7.61. The van der Waals surface area contributed by atoms with Crippen molar-refractivity contribution in [3.05, 3.63) is 112 Å². The Balaban J connectivity index is 1.63. The van der Waals surface area contributed by atoms with Crippen molar-refractivity contribution in [3.63, 3.8) is 0 Å². The Morgan fingerprint density at radius 1 is 1.07 bits per heavy atom. The molecule has 0 saturated heterocycles. The summed E-state index contributed by atoms with van der Waals surface area (Å²) in [6.07, 6.45) is 2.18. The fraction of sp³-hybridized carbons (Fsp3) is 0.242. The van der Waals surface area contributed by atoms with Crippen molar-refractivity contribution < 1.29 is 18.7 Å². The Kier molecular flexibility index (Phi) is 8.61. The number of nitrogens with zero attached hydrogens (tertiary/aromatic N) is 4. The van der Waals surface area contributed by atoms with Crippen LogP contribution >= 0.6 is 0 Å². The summed E-state index contributed by atoms with van der Waals surface area (Å²) in [4.78, 5) is 32.4. The number of aromatic nitrogens is 3. The summed E-state index contributed by atoms with van der Waals surface area (Å²) in [7, 11) is 4.98. The number of carbonyl (C=O) groups is 1. The lowest BCUT2D eigenvalue weighted by molar-refractivity contribution is 0.0827. The zero-order valence-electron chi connectivity index (χ0n) is 25.1. The van der Waals surface area contributed by atoms with Crippen molar-refractivity contribution in [3.8, 4) is 16.9 Å². The van der Waals surface area contributed by atoms with Gasteiger partial charge in [-0.3, -0.25) is 14.2 Å². The molecule has 2 atom stereocenters. The lowest BCUT2D eigenvalue weighted by atomic mass is 10.1. The molecular formula is C33H34F2N6O3. The van der Waals surface area contributed by atoms with Gasteiger partial charge >= 0.3 is 0 Å². The molecule has 0 aliphatic carbocycles. The minimum absolute atomic E-state index is 0.0491. The van der Waals surface area contributed by atoms with Gasteiger partial charge in [0.05, 0.1) is 24.0 Å². The van der Waals surface area contributed by atoms with Crippen molar-refractivity contribution in [2.75, 3.05) is 26.5 Å². The maximum atomic E-state index is 15.1. The summed E-state index contributed by atoms with van der Waals surface area (Å²) in [5.74, 6) is -1.18. The number of likely N-dealkylation sites (N-methyl/N-ethyl adjacent to an activating group) is 1. The van der Waals surface area contributed by atoms with Crippen LogP contribution in [0.3, 0.4) is 0 Å². The van der Waals surface area contributed by atoms with E-state index in [4.69, 9.17) is 0 Å². The lowest BCUT2D eigenvalue weighted by Crippen LogP contribution is -2.42. The number of fused-ring (bicyclic) bond motifs is 1. The smallest absolute Gasteiger partial charge is 0.294 e. The monoisotopic (exact) mass is 600 g/mol. The molecule has 0 aliphatic rings. The van der Waals surface area contributed by atoms with Crippen molar-refractivity contribution in [1.29, 1.82) is 0 Å². The van der Waals surface area contributed by atoms with E-state index >= 15 is 4.39 Å². The summed E-state index contributed by atoms with van der Waals surface area (Å²) < 4.78 is 32.3. The van der Waals surface area contributed by atoms with Crippen LogP contribution in [0.15, 0.2) is 77.9 Å². The van der Waals surface area contributed by atoms with Gasteiger partial charge in [0.15, 0.2) is 5.82 Å². The van der Waals surface area contributed by atoms with Crippen molar-refractivity contribution in [2.24, 2.45) is 0 Å². The van der Waals surface area contributed by atoms with Gasteiger partial charge in [-0.15, -0.1) is 0 Å². The average Bonchev–Trinajstić information content (AvgIpc) is 3.33. The normalized spacial score (nSPS) is 12.7. The second-order valence-electron chi connectivity index (χ2n) is 11.0. The van der Waals surface area contributed by atoms with E-state index in [-0.39, 0.29) is 24.1 Å². The summed E-state index contributed by atoms with van der Waals surface area (Å²) in [5.41, 5.74) is 3.36. The van der Waals surface area contributed by atoms with E-state index < -0.39 is 23.6 Å². The molecule has 0 aliphatic heterocycles. The Labute approximate surface area is 253 Å². The Bertz CT molecular complexity index is 1920. The minimum Gasteiger partial charge on any atom is -0.372 e. The quantitative estimate of drug-likeness (QED) is 0.215. The van der Waals surface area contributed by atoms with Crippen molar-refractivity contribution in [2.45, 2.75) is 32.7 Å². The molecule has 3 aromatic carbocycles. The number of hydrogen-bond donors (Lipinski definition) is 3. The molecule has 1 unspecified atom stereocenters. The van der Waals surface area contributed by atoms with Crippen molar-refractivity contribution >= 4 is 22.6 Å². The van der Waals surface area contributed by atoms with E-state index in [2.05, 4.69) is 15.6 Å². The molecule has 44 heavy (non-hydrogen) atoms. The molecule has 2 aromatic heterocycles. The third kappa shape index (κ3) is 6.10. The van der Waals surface area contributed by atoms with E-state index in [1.165, 1.54) is 39.9 Å². The number of hydrogen-bond acceptors (Lipinski definition) is 6. The second-order valence-corrected chi connectivity index (χ2v) is 11.0. The SMILES string of the molecule is CN[C@@H](C)C(O)Nc1ncc(-c2cccc(C(=O)N(C)C)c2)n(Cc2cc(F)cc(-n3cc(C)c4cc(F)ccc43)c2)c1=O. The first-order valence-corrected chi connectivity index (χ1v) is 14.1. The molecule has 11 heteroatoms. The highest BCUT2D eigenvalue weighted by Gasteiger charge is 2.19. The zero-order valence-corrected chi connectivity index (χ0v) is 25.1. The highest BCUT2D eigenvalue weighted by atomic mass is 19.1. The van der Waals surface area contributed by atoms with Gasteiger partial charge in [0.1, 0.15) is 17.9 Å². The number of rotatable bonds is 9. The van der Waals surface area contributed by atoms with Crippen LogP contribution in [0.4, 0.5) is 14.6 Å². The topological polar surface area (TPSA) is 104 Å². The van der Waals surface area contributed by atoms with Crippen LogP contribution in [0.2, 0.25) is 0 Å². The lowest BCUT2D eigenvalue weighted by Gasteiger charge is -2.21. The van der Waals surface area contributed by atoms with Crippen LogP contribution in [0, 0.1) is 18.6 Å². The fourth-order valence-corrected chi connectivity index (χ4v) is 5.09. The van der Waals surface area contributed by atoms with Gasteiger partial charge in [0, 0.05) is 48.5 Å². The summed E-state index contributed by atoms with van der Waals surface area (Å²) in [6, 6.07) is 15.4. The number of aliphatic hydroxyl groups excluding tert-OH is 1. The van der Waals surface area contributed by atoms with Gasteiger partial charge in [-0.1, -0.05) is 12.1 Å². The molecule has 1 amide bonds. The molecular weight excluding hydrogens is 566 g/mol. The minimum atomic E-state index is -1.11. The molecule has 5 rings (SSSR count). The first-order valence-electron chi connectivity index (χ1n) is 14.1. The van der Waals surface area contributed by atoms with Crippen LogP contribution in [-0.2, 0) is 6.54 Å². The maximum Gasteiger partial charge on any atom is 0.294 e. The number of anilines is 1. The van der Waals surface area contributed by atoms with Crippen molar-refractivity contribution in [1.82, 2.24) is 24.3 Å². The summed E-state index contributed by atoms with van der Waals surface area (Å²) in [6.45, 7) is 3.55. The second kappa shape index (κ2) is 12.4. The Morgan fingerprint density at radius 2 is 1.84 bits per heavy atom. The van der Waals surface area contributed by atoms with E-state index in [9.17, 15) is 19.1 Å². The largest absolute Gasteiger partial charge is 0.372 e. The fourth-order valence-electron chi connectivity index (χ4n) is 5.09. The van der Waals surface area contributed by atoms with Crippen LogP contribution in [0.25, 0.3) is 27.8 Å². The number of aryl methyl sites for hydroxylation is 1. The van der Waals surface area contributed by atoms with Gasteiger partial charge in [-0.2, -0.15) is 0 Å². The first kappa shape index (κ1) is 30.6. The molecule has 0 bridgehead atoms. The highest BCUT2D eigenvalue weighted by Crippen LogP contribution is 2.27. The molecule has 3 N–H and O–H groups in total. The van der Waals surface area contributed by atoms with Gasteiger partial charge in [0.2, 0.25) is 0 Å². The molecule has 9 nitrogen and oxygen atoms in total. The maximum absolute atomic E-state index is 15.1. The predicted molar refractivity (Wildman–Crippen MR) is 167 cm³/mol. The summed E-state index contributed by atoms with van der Waals surface area (Å²) >= 11 is 0. The van der Waals surface area contributed by atoms with Crippen LogP contribution < -0.4 is 16.2 Å². The molecule has 228 valence electrons. The highest BCUT2D eigenvalue weighted by molar-refractivity contribution is 5.95. The van der Waals surface area contributed by atoms with E-state index in [1.54, 1.807) is 69.0 Å². The first-order chi connectivity index (χ1) is 21.0. The molecule has 0 saturated carbocycles. The van der Waals surface area contributed by atoms with Gasteiger partial charge in [0.25, 0.3) is 11.5 Å². The van der Waals surface area contributed by atoms with Crippen LogP contribution in [0.1, 0.15) is 28.4 Å². The van der Waals surface area contributed by atoms with Gasteiger partial charge < -0.3 is 25.2 Å². The molecule has 5 aromatic rings. The Hall–Kier alpha value is -4.87. The number of aliphatic hydroxyl groups is 1. The predicted octanol–water partition coefficient (Wildman–Crippen LogP) is 4.53. The number of carbonyl (C=O) groups excluding carboxylic acids is 1. The van der Waals surface area contributed by atoms with E-state index in [0.717, 1.165) is 5.56 Å². The molecule has 0 spiro atoms. The van der Waals surface area contributed by atoms with Gasteiger partial charge in [-0.25, -0.2) is 13.8 Å². The third-order valence-corrected chi connectivity index (χ3v) is 7.61. The standard InChI is InChI=1S/C33H34F2N6O3/c1-19-17-40(28-10-9-24(34)15-27(19)28)26-12-21(11-25(35)14-26)18-41-29(22-7-6-8-23(13-22)32(43)39(4)5)16-37-30(33(41)44)38-31(42)20(2)36-3/h6-17,20,31,36,42H,18H2,1-5H3,(H,37,38)/t20-,31?/m0/s1. The zero-order chi connectivity index (χ0) is 31.7. The number of nitrogens with one attached hydrogen (secondary N) is 2. The molecule has 0 radical (unpaired) electrons. The number of benzene rings is 3.